The molecule has 5 N–H and O–H groups in total. The molecule has 2 heterocycles. The van der Waals surface area contributed by atoms with Crippen molar-refractivity contribution in [3.8, 4) is 5.75 Å². The summed E-state index contributed by atoms with van der Waals surface area (Å²) < 4.78 is 10.2. The van der Waals surface area contributed by atoms with Crippen LogP contribution in [0.1, 0.15) is 50.5 Å². The maximum atomic E-state index is 13.3. The first-order valence-corrected chi connectivity index (χ1v) is 11.8. The summed E-state index contributed by atoms with van der Waals surface area (Å²) in [5, 5.41) is 19.3. The zero-order valence-electron chi connectivity index (χ0n) is 20.9. The zero-order valence-corrected chi connectivity index (χ0v) is 20.9. The molecule has 2 amide bonds. The summed E-state index contributed by atoms with van der Waals surface area (Å²) in [4.78, 5) is 41.9. The normalized spacial score (nSPS) is 19.7. The van der Waals surface area contributed by atoms with Gasteiger partial charge in [0.2, 0.25) is 5.91 Å². The van der Waals surface area contributed by atoms with Crippen molar-refractivity contribution in [3.63, 3.8) is 0 Å². The number of fused-ring (bicyclic) bond motifs is 1. The summed E-state index contributed by atoms with van der Waals surface area (Å²) >= 11 is 0. The largest absolute Gasteiger partial charge is 0.496 e. The highest BCUT2D eigenvalue weighted by molar-refractivity contribution is 6.01. The molecule has 0 saturated carbocycles. The van der Waals surface area contributed by atoms with Crippen molar-refractivity contribution in [3.05, 3.63) is 30.0 Å². The molecule has 1 aromatic carbocycles. The molecule has 0 aliphatic carbocycles. The quantitative estimate of drug-likeness (QED) is 0.338. The first-order chi connectivity index (χ1) is 16.5. The van der Waals surface area contributed by atoms with E-state index in [0.29, 0.717) is 30.8 Å². The summed E-state index contributed by atoms with van der Waals surface area (Å²) in [6.07, 6.45) is 0.500. The summed E-state index contributed by atoms with van der Waals surface area (Å²) in [5.74, 6) is -1.10. The molecule has 1 unspecified atom stereocenters. The third kappa shape index (κ3) is 6.73. The van der Waals surface area contributed by atoms with E-state index in [9.17, 15) is 19.5 Å². The van der Waals surface area contributed by atoms with Crippen LogP contribution in [-0.2, 0) is 14.3 Å². The number of nitrogens with one attached hydrogen (secondary N) is 4. The number of methoxy groups -OCH3 is 2. The summed E-state index contributed by atoms with van der Waals surface area (Å²) in [6.45, 7) is 6.52. The number of benzene rings is 1. The number of carbonyl (C=O) groups excluding carboxylic acids is 3. The van der Waals surface area contributed by atoms with Gasteiger partial charge >= 0.3 is 5.97 Å². The first kappa shape index (κ1) is 26.5. The van der Waals surface area contributed by atoms with E-state index in [2.05, 4.69) is 20.9 Å². The summed E-state index contributed by atoms with van der Waals surface area (Å²) in [6, 6.07) is 5.30. The van der Waals surface area contributed by atoms with Crippen molar-refractivity contribution in [1.29, 1.82) is 0 Å². The van der Waals surface area contributed by atoms with Gasteiger partial charge in [0.05, 0.1) is 14.2 Å². The predicted molar refractivity (Wildman–Crippen MR) is 131 cm³/mol. The first-order valence-electron chi connectivity index (χ1n) is 11.8. The lowest BCUT2D eigenvalue weighted by Gasteiger charge is -2.28. The molecule has 1 fully saturated rings. The van der Waals surface area contributed by atoms with E-state index in [-0.39, 0.29) is 17.8 Å². The fourth-order valence-electron chi connectivity index (χ4n) is 4.40. The van der Waals surface area contributed by atoms with Gasteiger partial charge in [-0.05, 0) is 49.4 Å². The number of ether oxygens (including phenoxy) is 2. The Morgan fingerprint density at radius 2 is 1.91 bits per heavy atom. The number of amides is 2. The van der Waals surface area contributed by atoms with Crippen molar-refractivity contribution in [1.82, 2.24) is 20.9 Å². The van der Waals surface area contributed by atoms with Crippen LogP contribution in [0.3, 0.4) is 0 Å². The van der Waals surface area contributed by atoms with Crippen molar-refractivity contribution >= 4 is 28.7 Å². The Labute approximate surface area is 205 Å². The van der Waals surface area contributed by atoms with Crippen LogP contribution < -0.4 is 20.7 Å². The fourth-order valence-corrected chi connectivity index (χ4v) is 4.40. The Morgan fingerprint density at radius 1 is 1.17 bits per heavy atom. The van der Waals surface area contributed by atoms with Crippen LogP contribution in [0.5, 0.6) is 5.75 Å². The maximum Gasteiger partial charge on any atom is 0.328 e. The van der Waals surface area contributed by atoms with Crippen LogP contribution in [0, 0.1) is 11.3 Å². The van der Waals surface area contributed by atoms with E-state index < -0.39 is 36.1 Å². The molecule has 0 bridgehead atoms. The SMILES string of the molecule is COC(=O)[C@H](C[C@@H]1CCNC1O)NC(=O)[C@H](CC(C)(C)C)NC(=O)c1cc2c(OC)cccc2[nH]1. The van der Waals surface area contributed by atoms with Gasteiger partial charge in [-0.15, -0.1) is 0 Å². The Kier molecular flexibility index (Phi) is 8.39. The second-order valence-corrected chi connectivity index (χ2v) is 10.2. The molecule has 0 spiro atoms. The van der Waals surface area contributed by atoms with Gasteiger partial charge in [-0.2, -0.15) is 0 Å². The van der Waals surface area contributed by atoms with Crippen LogP contribution in [0.4, 0.5) is 0 Å². The zero-order chi connectivity index (χ0) is 25.8. The minimum Gasteiger partial charge on any atom is -0.496 e. The Morgan fingerprint density at radius 3 is 2.51 bits per heavy atom. The van der Waals surface area contributed by atoms with Gasteiger partial charge in [-0.3, -0.25) is 14.9 Å². The van der Waals surface area contributed by atoms with Crippen molar-refractivity contribution in [2.24, 2.45) is 11.3 Å². The lowest BCUT2D eigenvalue weighted by atomic mass is 9.87. The Bertz CT molecular complexity index is 1060. The molecule has 1 aliphatic heterocycles. The number of aliphatic hydroxyl groups excluding tert-OH is 1. The lowest BCUT2D eigenvalue weighted by Crippen LogP contribution is -2.53. The molecule has 192 valence electrons. The molecule has 4 atom stereocenters. The fraction of sp³-hybridized carbons (Fsp3) is 0.560. The minimum atomic E-state index is -0.941. The van der Waals surface area contributed by atoms with Crippen molar-refractivity contribution < 1.29 is 29.0 Å². The third-order valence-corrected chi connectivity index (χ3v) is 6.18. The highest BCUT2D eigenvalue weighted by atomic mass is 16.5. The van der Waals surface area contributed by atoms with Crippen LogP contribution in [0.15, 0.2) is 24.3 Å². The number of aromatic nitrogens is 1. The number of aliphatic hydroxyl groups is 1. The predicted octanol–water partition coefficient (Wildman–Crippen LogP) is 1.69. The third-order valence-electron chi connectivity index (χ3n) is 6.18. The topological polar surface area (TPSA) is 142 Å². The molecular formula is C25H36N4O6. The number of hydrogen-bond acceptors (Lipinski definition) is 7. The number of rotatable bonds is 9. The second kappa shape index (κ2) is 11.1. The molecule has 3 rings (SSSR count). The van der Waals surface area contributed by atoms with Gasteiger partial charge in [-0.1, -0.05) is 26.8 Å². The lowest BCUT2D eigenvalue weighted by molar-refractivity contribution is -0.146. The molecular weight excluding hydrogens is 452 g/mol. The monoisotopic (exact) mass is 488 g/mol. The second-order valence-electron chi connectivity index (χ2n) is 10.2. The van der Waals surface area contributed by atoms with Gasteiger partial charge in [-0.25, -0.2) is 4.79 Å². The van der Waals surface area contributed by atoms with Gasteiger partial charge in [0, 0.05) is 16.8 Å². The van der Waals surface area contributed by atoms with Gasteiger partial charge in [0.25, 0.3) is 5.91 Å². The molecule has 35 heavy (non-hydrogen) atoms. The number of aromatic amines is 1. The Balaban J connectivity index is 1.78. The van der Waals surface area contributed by atoms with E-state index >= 15 is 0 Å². The molecule has 10 heteroatoms. The number of hydrogen-bond donors (Lipinski definition) is 5. The van der Waals surface area contributed by atoms with Crippen LogP contribution in [0.25, 0.3) is 10.9 Å². The van der Waals surface area contributed by atoms with E-state index in [0.717, 1.165) is 10.9 Å². The van der Waals surface area contributed by atoms with Crippen LogP contribution in [0.2, 0.25) is 0 Å². The van der Waals surface area contributed by atoms with E-state index in [1.54, 1.807) is 19.2 Å². The minimum absolute atomic E-state index is 0.198. The average Bonchev–Trinajstić information content (AvgIpc) is 3.42. The van der Waals surface area contributed by atoms with Gasteiger partial charge < -0.3 is 30.2 Å². The number of carbonyl (C=O) groups is 3. The van der Waals surface area contributed by atoms with Gasteiger partial charge in [0.15, 0.2) is 0 Å². The highest BCUT2D eigenvalue weighted by Crippen LogP contribution is 2.27. The average molecular weight is 489 g/mol. The van der Waals surface area contributed by atoms with Crippen molar-refractivity contribution in [2.75, 3.05) is 20.8 Å². The molecule has 1 saturated heterocycles. The molecule has 2 aromatic rings. The number of H-pyrrole nitrogens is 1. The molecule has 10 nitrogen and oxygen atoms in total. The molecule has 0 radical (unpaired) electrons. The standard InChI is InChI=1S/C25H36N4O6/c1-25(2,3)13-19(23(32)28-18(24(33)35-5)11-14-9-10-26-21(14)30)29-22(31)17-12-15-16(27-17)7-6-8-20(15)34-4/h6-8,12,14,18-19,21,26-27,30H,9-11,13H2,1-5H3,(H,28,32)(H,29,31)/t14-,18-,19-,21?/m0/s1. The van der Waals surface area contributed by atoms with E-state index in [4.69, 9.17) is 9.47 Å². The van der Waals surface area contributed by atoms with Crippen LogP contribution in [-0.4, -0.2) is 67.0 Å². The van der Waals surface area contributed by atoms with E-state index in [1.165, 1.54) is 7.11 Å². The Hall–Kier alpha value is -3.11. The summed E-state index contributed by atoms with van der Waals surface area (Å²) in [7, 11) is 2.81. The molecule has 1 aliphatic rings. The van der Waals surface area contributed by atoms with E-state index in [1.807, 2.05) is 32.9 Å². The van der Waals surface area contributed by atoms with Gasteiger partial charge in [0.1, 0.15) is 29.8 Å². The van der Waals surface area contributed by atoms with Crippen LogP contribution >= 0.6 is 0 Å². The molecule has 1 aromatic heterocycles. The van der Waals surface area contributed by atoms with Crippen molar-refractivity contribution in [2.45, 2.75) is 58.3 Å². The smallest absolute Gasteiger partial charge is 0.328 e. The number of esters is 1. The maximum absolute atomic E-state index is 13.3. The highest BCUT2D eigenvalue weighted by Gasteiger charge is 2.35. The summed E-state index contributed by atoms with van der Waals surface area (Å²) in [5.41, 5.74) is 0.743.